The molecule has 1 aromatic rings. The lowest BCUT2D eigenvalue weighted by Crippen LogP contribution is -2.46. The number of hydrogen-bond acceptors (Lipinski definition) is 3. The van der Waals surface area contributed by atoms with Crippen LogP contribution >= 0.6 is 0 Å². The Morgan fingerprint density at radius 1 is 1.11 bits per heavy atom. The summed E-state index contributed by atoms with van der Waals surface area (Å²) in [7, 11) is 0. The Kier molecular flexibility index (Phi) is 4.90. The standard InChI is InChI=1S/C15H22N2O/c1-2-7-16-8-10-17(11-9-16)12-14-5-3-4-6-15(14)13-18/h3-6,13H,2,7-12H2,1H3. The van der Waals surface area contributed by atoms with Crippen LogP contribution in [0.1, 0.15) is 29.3 Å². The topological polar surface area (TPSA) is 23.6 Å². The van der Waals surface area contributed by atoms with Crippen molar-refractivity contribution in [3.63, 3.8) is 0 Å². The molecule has 1 aromatic carbocycles. The first-order chi connectivity index (χ1) is 8.83. The van der Waals surface area contributed by atoms with Crippen molar-refractivity contribution in [1.29, 1.82) is 0 Å². The molecule has 0 atom stereocenters. The van der Waals surface area contributed by atoms with Crippen molar-refractivity contribution in [3.8, 4) is 0 Å². The summed E-state index contributed by atoms with van der Waals surface area (Å²) in [5, 5.41) is 0. The SMILES string of the molecule is CCCN1CCN(Cc2ccccc2C=O)CC1. The van der Waals surface area contributed by atoms with Gasteiger partial charge in [0.2, 0.25) is 0 Å². The third-order valence-corrected chi connectivity index (χ3v) is 3.58. The number of hydrogen-bond donors (Lipinski definition) is 0. The minimum Gasteiger partial charge on any atom is -0.301 e. The van der Waals surface area contributed by atoms with Gasteiger partial charge in [0.25, 0.3) is 0 Å². The van der Waals surface area contributed by atoms with Gasteiger partial charge in [0, 0.05) is 38.3 Å². The van der Waals surface area contributed by atoms with E-state index < -0.39 is 0 Å². The van der Waals surface area contributed by atoms with E-state index in [2.05, 4.69) is 22.8 Å². The minimum atomic E-state index is 0.827. The Labute approximate surface area is 109 Å². The zero-order valence-electron chi connectivity index (χ0n) is 11.1. The molecule has 0 saturated carbocycles. The number of aldehydes is 1. The molecular formula is C15H22N2O. The molecule has 1 aliphatic heterocycles. The quantitative estimate of drug-likeness (QED) is 0.743. The molecule has 0 amide bonds. The average molecular weight is 246 g/mol. The van der Waals surface area contributed by atoms with Crippen molar-refractivity contribution < 1.29 is 4.79 Å². The van der Waals surface area contributed by atoms with Crippen LogP contribution in [0.15, 0.2) is 24.3 Å². The number of carbonyl (C=O) groups excluding carboxylic acids is 1. The van der Waals surface area contributed by atoms with Crippen molar-refractivity contribution in [3.05, 3.63) is 35.4 Å². The molecule has 0 aromatic heterocycles. The van der Waals surface area contributed by atoms with Gasteiger partial charge in [-0.2, -0.15) is 0 Å². The van der Waals surface area contributed by atoms with Crippen LogP contribution in [0.4, 0.5) is 0 Å². The van der Waals surface area contributed by atoms with Crippen LogP contribution in [0.25, 0.3) is 0 Å². The Balaban J connectivity index is 1.89. The first-order valence-electron chi connectivity index (χ1n) is 6.81. The van der Waals surface area contributed by atoms with E-state index in [4.69, 9.17) is 0 Å². The minimum absolute atomic E-state index is 0.827. The van der Waals surface area contributed by atoms with E-state index in [1.807, 2.05) is 18.2 Å². The summed E-state index contributed by atoms with van der Waals surface area (Å²) in [5.41, 5.74) is 1.98. The predicted octanol–water partition coefficient (Wildman–Crippen LogP) is 2.03. The fourth-order valence-electron chi connectivity index (χ4n) is 2.52. The molecule has 3 heteroatoms. The van der Waals surface area contributed by atoms with Gasteiger partial charge in [0.05, 0.1) is 0 Å². The maximum absolute atomic E-state index is 11.0. The first-order valence-corrected chi connectivity index (χ1v) is 6.81. The van der Waals surface area contributed by atoms with E-state index in [0.717, 1.165) is 50.1 Å². The van der Waals surface area contributed by atoms with Gasteiger partial charge in [-0.05, 0) is 18.5 Å². The molecule has 1 saturated heterocycles. The zero-order chi connectivity index (χ0) is 12.8. The monoisotopic (exact) mass is 246 g/mol. The molecule has 0 bridgehead atoms. The molecule has 18 heavy (non-hydrogen) atoms. The Morgan fingerprint density at radius 2 is 1.78 bits per heavy atom. The third-order valence-electron chi connectivity index (χ3n) is 3.58. The van der Waals surface area contributed by atoms with Crippen molar-refractivity contribution >= 4 is 6.29 Å². The lowest BCUT2D eigenvalue weighted by molar-refractivity contribution is 0.111. The van der Waals surface area contributed by atoms with E-state index in [0.29, 0.717) is 0 Å². The smallest absolute Gasteiger partial charge is 0.150 e. The number of piperazine rings is 1. The van der Waals surface area contributed by atoms with Crippen LogP contribution in [0.3, 0.4) is 0 Å². The average Bonchev–Trinajstić information content (AvgIpc) is 2.42. The van der Waals surface area contributed by atoms with Crippen molar-refractivity contribution in [1.82, 2.24) is 9.80 Å². The molecule has 0 radical (unpaired) electrons. The fourth-order valence-corrected chi connectivity index (χ4v) is 2.52. The second-order valence-corrected chi connectivity index (χ2v) is 4.93. The van der Waals surface area contributed by atoms with Gasteiger partial charge in [-0.3, -0.25) is 9.69 Å². The second kappa shape index (κ2) is 6.66. The van der Waals surface area contributed by atoms with E-state index in [1.165, 1.54) is 13.0 Å². The highest BCUT2D eigenvalue weighted by atomic mass is 16.1. The van der Waals surface area contributed by atoms with Gasteiger partial charge < -0.3 is 4.90 Å². The van der Waals surface area contributed by atoms with Crippen LogP contribution in [-0.2, 0) is 6.54 Å². The molecule has 2 rings (SSSR count). The summed E-state index contributed by atoms with van der Waals surface area (Å²) >= 11 is 0. The largest absolute Gasteiger partial charge is 0.301 e. The van der Waals surface area contributed by atoms with Crippen LogP contribution in [0.2, 0.25) is 0 Å². The van der Waals surface area contributed by atoms with E-state index in [-0.39, 0.29) is 0 Å². The van der Waals surface area contributed by atoms with Crippen molar-refractivity contribution in [2.45, 2.75) is 19.9 Å². The summed E-state index contributed by atoms with van der Waals surface area (Å²) < 4.78 is 0. The Hall–Kier alpha value is -1.19. The van der Waals surface area contributed by atoms with E-state index >= 15 is 0 Å². The van der Waals surface area contributed by atoms with Gasteiger partial charge in [0.15, 0.2) is 0 Å². The van der Waals surface area contributed by atoms with Crippen molar-refractivity contribution in [2.75, 3.05) is 32.7 Å². The van der Waals surface area contributed by atoms with Crippen LogP contribution < -0.4 is 0 Å². The summed E-state index contributed by atoms with van der Waals surface area (Å²) in [5.74, 6) is 0. The lowest BCUT2D eigenvalue weighted by atomic mass is 10.1. The van der Waals surface area contributed by atoms with Gasteiger partial charge >= 0.3 is 0 Å². The molecule has 3 nitrogen and oxygen atoms in total. The molecule has 1 fully saturated rings. The third kappa shape index (κ3) is 3.40. The highest BCUT2D eigenvalue weighted by Crippen LogP contribution is 2.12. The molecule has 98 valence electrons. The molecule has 0 N–H and O–H groups in total. The summed E-state index contributed by atoms with van der Waals surface area (Å²) in [6.07, 6.45) is 2.19. The Morgan fingerprint density at radius 3 is 2.44 bits per heavy atom. The van der Waals surface area contributed by atoms with Gasteiger partial charge in [-0.15, -0.1) is 0 Å². The summed E-state index contributed by atoms with van der Waals surface area (Å²) in [6.45, 7) is 8.84. The first kappa shape index (κ1) is 13.2. The van der Waals surface area contributed by atoms with Crippen LogP contribution in [0.5, 0.6) is 0 Å². The van der Waals surface area contributed by atoms with Crippen LogP contribution in [-0.4, -0.2) is 48.8 Å². The summed E-state index contributed by atoms with van der Waals surface area (Å²) in [6, 6.07) is 7.89. The lowest BCUT2D eigenvalue weighted by Gasteiger charge is -2.34. The van der Waals surface area contributed by atoms with E-state index in [9.17, 15) is 4.79 Å². The molecule has 1 heterocycles. The normalized spacial score (nSPS) is 17.8. The van der Waals surface area contributed by atoms with E-state index in [1.54, 1.807) is 0 Å². The van der Waals surface area contributed by atoms with Gasteiger partial charge in [-0.25, -0.2) is 0 Å². The molecule has 1 aliphatic rings. The highest BCUT2D eigenvalue weighted by molar-refractivity contribution is 5.77. The number of benzene rings is 1. The van der Waals surface area contributed by atoms with Gasteiger partial charge in [0.1, 0.15) is 6.29 Å². The maximum Gasteiger partial charge on any atom is 0.150 e. The Bertz CT molecular complexity index is 384. The van der Waals surface area contributed by atoms with Crippen LogP contribution in [0, 0.1) is 0 Å². The predicted molar refractivity (Wildman–Crippen MR) is 73.8 cm³/mol. The maximum atomic E-state index is 11.0. The molecular weight excluding hydrogens is 224 g/mol. The number of carbonyl (C=O) groups is 1. The highest BCUT2D eigenvalue weighted by Gasteiger charge is 2.16. The molecule has 0 unspecified atom stereocenters. The zero-order valence-corrected chi connectivity index (χ0v) is 11.1. The second-order valence-electron chi connectivity index (χ2n) is 4.93. The molecule has 0 aliphatic carbocycles. The van der Waals surface area contributed by atoms with Crippen molar-refractivity contribution in [2.24, 2.45) is 0 Å². The summed E-state index contributed by atoms with van der Waals surface area (Å²) in [4.78, 5) is 15.9. The number of rotatable bonds is 5. The number of nitrogens with zero attached hydrogens (tertiary/aromatic N) is 2. The fraction of sp³-hybridized carbons (Fsp3) is 0.533. The van der Waals surface area contributed by atoms with Gasteiger partial charge in [-0.1, -0.05) is 31.2 Å². The molecule has 0 spiro atoms.